The smallest absolute Gasteiger partial charge is 0.0558 e. The minimum absolute atomic E-state index is 0.399. The number of hydrogen-bond acceptors (Lipinski definition) is 3. The molecule has 1 atom stereocenters. The highest BCUT2D eigenvalue weighted by Gasteiger charge is 2.13. The Hall–Kier alpha value is -0.900. The lowest BCUT2D eigenvalue weighted by molar-refractivity contribution is 0.253. The molecule has 0 aliphatic heterocycles. The third kappa shape index (κ3) is 3.28. The highest BCUT2D eigenvalue weighted by molar-refractivity contribution is 7.10. The van der Waals surface area contributed by atoms with Gasteiger partial charge in [0.25, 0.3) is 0 Å². The summed E-state index contributed by atoms with van der Waals surface area (Å²) in [6.07, 6.45) is 1.75. The SMILES string of the molecule is CC(c1cccs1)N(C)Cc1cc(Cl)ccn1. The molecule has 2 rings (SSSR count). The van der Waals surface area contributed by atoms with Crippen LogP contribution in [-0.2, 0) is 6.54 Å². The fourth-order valence-corrected chi connectivity index (χ4v) is 2.70. The van der Waals surface area contributed by atoms with Crippen LogP contribution in [-0.4, -0.2) is 16.9 Å². The van der Waals surface area contributed by atoms with Crippen LogP contribution in [0.3, 0.4) is 0 Å². The van der Waals surface area contributed by atoms with Gasteiger partial charge in [0.05, 0.1) is 5.69 Å². The summed E-state index contributed by atoms with van der Waals surface area (Å²) in [7, 11) is 2.10. The molecule has 2 aromatic heterocycles. The Morgan fingerprint density at radius 3 is 2.94 bits per heavy atom. The first-order valence-corrected chi connectivity index (χ1v) is 6.76. The van der Waals surface area contributed by atoms with E-state index in [1.54, 1.807) is 23.6 Å². The quantitative estimate of drug-likeness (QED) is 0.832. The molecule has 0 bridgehead atoms. The maximum atomic E-state index is 5.95. The fourth-order valence-electron chi connectivity index (χ4n) is 1.67. The van der Waals surface area contributed by atoms with Crippen LogP contribution in [0.4, 0.5) is 0 Å². The molecule has 1 unspecified atom stereocenters. The van der Waals surface area contributed by atoms with Crippen LogP contribution in [0.1, 0.15) is 23.5 Å². The van der Waals surface area contributed by atoms with Crippen molar-refractivity contribution in [2.45, 2.75) is 19.5 Å². The summed E-state index contributed by atoms with van der Waals surface area (Å²) in [6, 6.07) is 8.36. The number of hydrogen-bond donors (Lipinski definition) is 0. The van der Waals surface area contributed by atoms with Gasteiger partial charge in [0.1, 0.15) is 0 Å². The number of aromatic nitrogens is 1. The van der Waals surface area contributed by atoms with Crippen LogP contribution in [0, 0.1) is 0 Å². The average Bonchev–Trinajstić information content (AvgIpc) is 2.81. The summed E-state index contributed by atoms with van der Waals surface area (Å²) in [5, 5.41) is 2.85. The van der Waals surface area contributed by atoms with E-state index in [2.05, 4.69) is 41.4 Å². The Kier molecular flexibility index (Phi) is 4.15. The Labute approximate surface area is 111 Å². The van der Waals surface area contributed by atoms with Gasteiger partial charge in [-0.3, -0.25) is 9.88 Å². The molecule has 2 nitrogen and oxygen atoms in total. The zero-order valence-corrected chi connectivity index (χ0v) is 11.5. The van der Waals surface area contributed by atoms with Crippen LogP contribution in [0.2, 0.25) is 5.02 Å². The Bertz CT molecular complexity index is 470. The fraction of sp³-hybridized carbons (Fsp3) is 0.308. The molecule has 0 saturated heterocycles. The highest BCUT2D eigenvalue weighted by atomic mass is 35.5. The molecule has 0 amide bonds. The van der Waals surface area contributed by atoms with Crippen LogP contribution in [0.25, 0.3) is 0 Å². The van der Waals surface area contributed by atoms with E-state index in [1.807, 2.05) is 6.07 Å². The van der Waals surface area contributed by atoms with E-state index in [1.165, 1.54) is 4.88 Å². The molecule has 2 heterocycles. The summed E-state index contributed by atoms with van der Waals surface area (Å²) in [6.45, 7) is 3.01. The van der Waals surface area contributed by atoms with Crippen molar-refractivity contribution in [3.63, 3.8) is 0 Å². The summed E-state index contributed by atoms with van der Waals surface area (Å²) in [5.74, 6) is 0. The van der Waals surface area contributed by atoms with Crippen molar-refractivity contribution in [2.24, 2.45) is 0 Å². The van der Waals surface area contributed by atoms with Crippen LogP contribution >= 0.6 is 22.9 Å². The second kappa shape index (κ2) is 5.63. The number of rotatable bonds is 4. The highest BCUT2D eigenvalue weighted by Crippen LogP contribution is 2.24. The van der Waals surface area contributed by atoms with Crippen molar-refractivity contribution in [2.75, 3.05) is 7.05 Å². The number of pyridine rings is 1. The molecule has 0 aliphatic carbocycles. The third-order valence-electron chi connectivity index (χ3n) is 2.81. The molecule has 4 heteroatoms. The molecule has 2 aromatic rings. The van der Waals surface area contributed by atoms with Gasteiger partial charge in [0.2, 0.25) is 0 Å². The maximum Gasteiger partial charge on any atom is 0.0558 e. The third-order valence-corrected chi connectivity index (χ3v) is 4.08. The topological polar surface area (TPSA) is 16.1 Å². The van der Waals surface area contributed by atoms with Gasteiger partial charge in [-0.15, -0.1) is 11.3 Å². The van der Waals surface area contributed by atoms with Gasteiger partial charge in [-0.25, -0.2) is 0 Å². The molecule has 0 N–H and O–H groups in total. The summed E-state index contributed by atoms with van der Waals surface area (Å²) in [5.41, 5.74) is 1.00. The minimum atomic E-state index is 0.399. The molecule has 17 heavy (non-hydrogen) atoms. The van der Waals surface area contributed by atoms with E-state index >= 15 is 0 Å². The normalized spacial score (nSPS) is 12.9. The van der Waals surface area contributed by atoms with Gasteiger partial charge in [-0.1, -0.05) is 17.7 Å². The summed E-state index contributed by atoms with van der Waals surface area (Å²) >= 11 is 7.74. The maximum absolute atomic E-state index is 5.95. The van der Waals surface area contributed by atoms with Crippen molar-refractivity contribution in [1.82, 2.24) is 9.88 Å². The zero-order valence-electron chi connectivity index (χ0n) is 9.93. The van der Waals surface area contributed by atoms with Crippen molar-refractivity contribution >= 4 is 22.9 Å². The molecule has 0 spiro atoms. The lowest BCUT2D eigenvalue weighted by Crippen LogP contribution is -2.21. The van der Waals surface area contributed by atoms with E-state index in [0.717, 1.165) is 17.3 Å². The molecular weight excluding hydrogens is 252 g/mol. The van der Waals surface area contributed by atoms with E-state index in [-0.39, 0.29) is 0 Å². The lowest BCUT2D eigenvalue weighted by Gasteiger charge is -2.23. The Morgan fingerprint density at radius 2 is 2.29 bits per heavy atom. The van der Waals surface area contributed by atoms with Crippen molar-refractivity contribution in [1.29, 1.82) is 0 Å². The monoisotopic (exact) mass is 266 g/mol. The van der Waals surface area contributed by atoms with Crippen LogP contribution in [0.15, 0.2) is 35.8 Å². The molecule has 0 aliphatic rings. The second-order valence-corrected chi connectivity index (χ2v) is 5.49. The van der Waals surface area contributed by atoms with Gasteiger partial charge in [-0.2, -0.15) is 0 Å². The van der Waals surface area contributed by atoms with Gasteiger partial charge in [0.15, 0.2) is 0 Å². The van der Waals surface area contributed by atoms with Gasteiger partial charge < -0.3 is 0 Å². The first-order valence-electron chi connectivity index (χ1n) is 5.51. The lowest BCUT2D eigenvalue weighted by atomic mass is 10.2. The first-order chi connectivity index (χ1) is 8.16. The van der Waals surface area contributed by atoms with Gasteiger partial charge in [0, 0.05) is 28.7 Å². The predicted octanol–water partition coefficient (Wildman–Crippen LogP) is 3.99. The van der Waals surface area contributed by atoms with Gasteiger partial charge in [-0.05, 0) is 37.6 Å². The first kappa shape index (κ1) is 12.6. The molecule has 0 radical (unpaired) electrons. The van der Waals surface area contributed by atoms with Crippen molar-refractivity contribution in [3.8, 4) is 0 Å². The van der Waals surface area contributed by atoms with E-state index in [4.69, 9.17) is 11.6 Å². The molecule has 0 aromatic carbocycles. The van der Waals surface area contributed by atoms with E-state index in [9.17, 15) is 0 Å². The number of nitrogens with zero attached hydrogens (tertiary/aromatic N) is 2. The number of thiophene rings is 1. The second-order valence-electron chi connectivity index (χ2n) is 4.07. The van der Waals surface area contributed by atoms with E-state index in [0.29, 0.717) is 6.04 Å². The molecule has 90 valence electrons. The summed E-state index contributed by atoms with van der Waals surface area (Å²) in [4.78, 5) is 7.96. The predicted molar refractivity (Wildman–Crippen MR) is 73.4 cm³/mol. The largest absolute Gasteiger partial charge is 0.293 e. The van der Waals surface area contributed by atoms with Crippen molar-refractivity contribution in [3.05, 3.63) is 51.4 Å². The Balaban J connectivity index is 2.04. The zero-order chi connectivity index (χ0) is 12.3. The standard InChI is InChI=1S/C13H15ClN2S/c1-10(13-4-3-7-17-13)16(2)9-12-8-11(14)5-6-15-12/h3-8,10H,9H2,1-2H3. The number of halogens is 1. The van der Waals surface area contributed by atoms with Gasteiger partial charge >= 0.3 is 0 Å². The van der Waals surface area contributed by atoms with E-state index < -0.39 is 0 Å². The van der Waals surface area contributed by atoms with Crippen LogP contribution in [0.5, 0.6) is 0 Å². The Morgan fingerprint density at radius 1 is 1.47 bits per heavy atom. The average molecular weight is 267 g/mol. The molecule has 0 fully saturated rings. The minimum Gasteiger partial charge on any atom is -0.293 e. The van der Waals surface area contributed by atoms with Crippen LogP contribution < -0.4 is 0 Å². The van der Waals surface area contributed by atoms with Crippen molar-refractivity contribution < 1.29 is 0 Å². The molecular formula is C13H15ClN2S. The molecule has 0 saturated carbocycles. The summed E-state index contributed by atoms with van der Waals surface area (Å²) < 4.78 is 0.